The van der Waals surface area contributed by atoms with E-state index in [4.69, 9.17) is 4.74 Å². The lowest BCUT2D eigenvalue weighted by Gasteiger charge is -2.06. The predicted octanol–water partition coefficient (Wildman–Crippen LogP) is 4.70. The number of hydrogen-bond donors (Lipinski definition) is 0. The molecular formula is C14H20F2O. The Hall–Kier alpha value is -1.12. The third-order valence-electron chi connectivity index (χ3n) is 2.60. The highest BCUT2D eigenvalue weighted by atomic mass is 19.1. The summed E-state index contributed by atoms with van der Waals surface area (Å²) in [5.74, 6) is -0.915. The lowest BCUT2D eigenvalue weighted by molar-refractivity contribution is 0.301. The van der Waals surface area contributed by atoms with Crippen molar-refractivity contribution in [2.75, 3.05) is 6.61 Å². The van der Waals surface area contributed by atoms with E-state index in [1.165, 1.54) is 37.8 Å². The highest BCUT2D eigenvalue weighted by Crippen LogP contribution is 2.16. The minimum atomic E-state index is -0.594. The van der Waals surface area contributed by atoms with Gasteiger partial charge in [0.15, 0.2) is 0 Å². The molecule has 0 aromatic heterocycles. The Bertz CT molecular complexity index is 306. The normalized spacial score (nSPS) is 10.5. The van der Waals surface area contributed by atoms with E-state index in [0.29, 0.717) is 6.61 Å². The number of benzene rings is 1. The lowest BCUT2D eigenvalue weighted by Crippen LogP contribution is -1.98. The van der Waals surface area contributed by atoms with Crippen molar-refractivity contribution < 1.29 is 13.5 Å². The van der Waals surface area contributed by atoms with Crippen LogP contribution in [0.1, 0.15) is 45.4 Å². The van der Waals surface area contributed by atoms with Crippen LogP contribution in [0.4, 0.5) is 8.78 Å². The van der Waals surface area contributed by atoms with Gasteiger partial charge in [-0.3, -0.25) is 0 Å². The van der Waals surface area contributed by atoms with Crippen LogP contribution in [0.2, 0.25) is 0 Å². The molecule has 1 aromatic rings. The van der Waals surface area contributed by atoms with Gasteiger partial charge in [0, 0.05) is 18.2 Å². The first kappa shape index (κ1) is 13.9. The molecule has 0 spiro atoms. The molecule has 0 aliphatic rings. The molecule has 3 heteroatoms. The van der Waals surface area contributed by atoms with E-state index < -0.39 is 11.6 Å². The van der Waals surface area contributed by atoms with E-state index in [1.54, 1.807) is 0 Å². The van der Waals surface area contributed by atoms with E-state index >= 15 is 0 Å². The van der Waals surface area contributed by atoms with Crippen molar-refractivity contribution >= 4 is 0 Å². The van der Waals surface area contributed by atoms with Crippen molar-refractivity contribution in [1.82, 2.24) is 0 Å². The summed E-state index contributed by atoms with van der Waals surface area (Å²) in [6.45, 7) is 2.70. The van der Waals surface area contributed by atoms with Crippen LogP contribution in [0.25, 0.3) is 0 Å². The van der Waals surface area contributed by atoms with Gasteiger partial charge in [0.05, 0.1) is 6.61 Å². The molecule has 0 N–H and O–H groups in total. The number of ether oxygens (including phenoxy) is 1. The fourth-order valence-electron chi connectivity index (χ4n) is 1.68. The zero-order valence-corrected chi connectivity index (χ0v) is 10.3. The molecule has 0 saturated carbocycles. The van der Waals surface area contributed by atoms with E-state index in [-0.39, 0.29) is 5.75 Å². The summed E-state index contributed by atoms with van der Waals surface area (Å²) in [6, 6.07) is 3.26. The molecule has 0 bridgehead atoms. The number of hydrogen-bond acceptors (Lipinski definition) is 1. The van der Waals surface area contributed by atoms with Gasteiger partial charge in [-0.1, -0.05) is 39.0 Å². The average Bonchev–Trinajstić information content (AvgIpc) is 2.26. The minimum Gasteiger partial charge on any atom is -0.493 e. The molecule has 0 atom stereocenters. The number of unbranched alkanes of at least 4 members (excludes halogenated alkanes) is 5. The SMILES string of the molecule is CCCCCCCCOc1cc(F)cc(F)c1. The minimum absolute atomic E-state index is 0.274. The first-order chi connectivity index (χ1) is 8.22. The van der Waals surface area contributed by atoms with Gasteiger partial charge in [-0.05, 0) is 6.42 Å². The van der Waals surface area contributed by atoms with Crippen molar-refractivity contribution in [3.05, 3.63) is 29.8 Å². The van der Waals surface area contributed by atoms with Gasteiger partial charge < -0.3 is 4.74 Å². The van der Waals surface area contributed by atoms with Crippen LogP contribution in [0.5, 0.6) is 5.75 Å². The Labute approximate surface area is 102 Å². The first-order valence-electron chi connectivity index (χ1n) is 6.31. The van der Waals surface area contributed by atoms with E-state index in [9.17, 15) is 8.78 Å². The third kappa shape index (κ3) is 6.25. The summed E-state index contributed by atoms with van der Waals surface area (Å²) in [5, 5.41) is 0. The second kappa shape index (κ2) is 8.04. The molecule has 0 unspecified atom stereocenters. The molecule has 0 saturated heterocycles. The Morgan fingerprint density at radius 1 is 0.882 bits per heavy atom. The number of halogens is 2. The van der Waals surface area contributed by atoms with Crippen LogP contribution in [0.3, 0.4) is 0 Å². The fourth-order valence-corrected chi connectivity index (χ4v) is 1.68. The second-order valence-corrected chi connectivity index (χ2v) is 4.22. The van der Waals surface area contributed by atoms with Crippen LogP contribution in [0, 0.1) is 11.6 Å². The molecule has 0 aliphatic carbocycles. The Kier molecular flexibility index (Phi) is 6.60. The third-order valence-corrected chi connectivity index (χ3v) is 2.60. The quantitative estimate of drug-likeness (QED) is 0.600. The maximum atomic E-state index is 12.8. The summed E-state index contributed by atoms with van der Waals surface area (Å²) in [7, 11) is 0. The van der Waals surface area contributed by atoms with Gasteiger partial charge in [0.2, 0.25) is 0 Å². The maximum Gasteiger partial charge on any atom is 0.129 e. The highest BCUT2D eigenvalue weighted by Gasteiger charge is 2.01. The van der Waals surface area contributed by atoms with E-state index in [2.05, 4.69) is 6.92 Å². The summed E-state index contributed by atoms with van der Waals surface area (Å²) in [5.41, 5.74) is 0. The Morgan fingerprint density at radius 3 is 2.12 bits per heavy atom. The Morgan fingerprint density at radius 2 is 1.47 bits per heavy atom. The van der Waals surface area contributed by atoms with Crippen LogP contribution >= 0.6 is 0 Å². The molecule has 0 aliphatic heterocycles. The van der Waals surface area contributed by atoms with Crippen molar-refractivity contribution in [2.45, 2.75) is 45.4 Å². The van der Waals surface area contributed by atoms with Gasteiger partial charge in [-0.25, -0.2) is 8.78 Å². The van der Waals surface area contributed by atoms with E-state index in [1.807, 2.05) is 0 Å². The summed E-state index contributed by atoms with van der Waals surface area (Å²) in [4.78, 5) is 0. The van der Waals surface area contributed by atoms with Crippen LogP contribution in [0.15, 0.2) is 18.2 Å². The maximum absolute atomic E-state index is 12.8. The molecular weight excluding hydrogens is 222 g/mol. The summed E-state index contributed by atoms with van der Waals surface area (Å²) >= 11 is 0. The number of rotatable bonds is 8. The molecule has 17 heavy (non-hydrogen) atoms. The van der Waals surface area contributed by atoms with Crippen molar-refractivity contribution in [1.29, 1.82) is 0 Å². The molecule has 0 heterocycles. The van der Waals surface area contributed by atoms with Crippen molar-refractivity contribution in [3.8, 4) is 5.75 Å². The van der Waals surface area contributed by atoms with Gasteiger partial charge in [-0.2, -0.15) is 0 Å². The molecule has 1 aromatic carbocycles. The molecule has 1 rings (SSSR count). The van der Waals surface area contributed by atoms with Gasteiger partial charge in [0.25, 0.3) is 0 Å². The van der Waals surface area contributed by atoms with Crippen LogP contribution < -0.4 is 4.74 Å². The van der Waals surface area contributed by atoms with Crippen molar-refractivity contribution in [3.63, 3.8) is 0 Å². The second-order valence-electron chi connectivity index (χ2n) is 4.22. The molecule has 96 valence electrons. The summed E-state index contributed by atoms with van der Waals surface area (Å²) < 4.78 is 30.9. The summed E-state index contributed by atoms with van der Waals surface area (Å²) in [6.07, 6.45) is 7.01. The standard InChI is InChI=1S/C14H20F2O/c1-2-3-4-5-6-7-8-17-14-10-12(15)9-13(16)11-14/h9-11H,2-8H2,1H3. The molecule has 1 nitrogen and oxygen atoms in total. The monoisotopic (exact) mass is 242 g/mol. The molecule has 0 fully saturated rings. The topological polar surface area (TPSA) is 9.23 Å². The zero-order chi connectivity index (χ0) is 12.5. The van der Waals surface area contributed by atoms with Crippen LogP contribution in [-0.4, -0.2) is 6.61 Å². The average molecular weight is 242 g/mol. The van der Waals surface area contributed by atoms with Gasteiger partial charge in [0.1, 0.15) is 17.4 Å². The molecule has 0 radical (unpaired) electrons. The van der Waals surface area contributed by atoms with E-state index in [0.717, 1.165) is 18.9 Å². The van der Waals surface area contributed by atoms with Gasteiger partial charge in [-0.15, -0.1) is 0 Å². The smallest absolute Gasteiger partial charge is 0.129 e. The largest absolute Gasteiger partial charge is 0.493 e. The van der Waals surface area contributed by atoms with Gasteiger partial charge >= 0.3 is 0 Å². The fraction of sp³-hybridized carbons (Fsp3) is 0.571. The Balaban J connectivity index is 2.13. The first-order valence-corrected chi connectivity index (χ1v) is 6.31. The van der Waals surface area contributed by atoms with Crippen LogP contribution in [-0.2, 0) is 0 Å². The zero-order valence-electron chi connectivity index (χ0n) is 10.3. The highest BCUT2D eigenvalue weighted by molar-refractivity contribution is 5.23. The van der Waals surface area contributed by atoms with Crippen molar-refractivity contribution in [2.24, 2.45) is 0 Å². The molecule has 0 amide bonds. The lowest BCUT2D eigenvalue weighted by atomic mass is 10.1. The predicted molar refractivity (Wildman–Crippen MR) is 65.2 cm³/mol.